The fraction of sp³-hybridized carbons (Fsp3) is 0.524. The average molecular weight is 428 g/mol. The van der Waals surface area contributed by atoms with Crippen molar-refractivity contribution in [3.8, 4) is 17.9 Å². The van der Waals surface area contributed by atoms with Crippen LogP contribution in [0.3, 0.4) is 0 Å². The first-order valence-corrected chi connectivity index (χ1v) is 10.5. The average Bonchev–Trinajstić information content (AvgIpc) is 3.45. The van der Waals surface area contributed by atoms with Gasteiger partial charge in [-0.2, -0.15) is 24.1 Å². The molecule has 2 aromatic heterocycles. The molecular formula is C21H22F2N6O2. The number of hydrogen-bond acceptors (Lipinski definition) is 6. The Morgan fingerprint density at radius 3 is 2.97 bits per heavy atom. The topological polar surface area (TPSA) is 96.1 Å². The summed E-state index contributed by atoms with van der Waals surface area (Å²) in [5.41, 5.74) is 1.89. The van der Waals surface area contributed by atoms with Crippen molar-refractivity contribution in [2.75, 3.05) is 0 Å². The molecule has 1 unspecified atom stereocenters. The molecule has 4 heterocycles. The molecule has 8 nitrogen and oxygen atoms in total. The minimum Gasteiger partial charge on any atom is -0.417 e. The van der Waals surface area contributed by atoms with Gasteiger partial charge < -0.3 is 15.0 Å². The van der Waals surface area contributed by atoms with Gasteiger partial charge in [0.25, 0.3) is 0 Å². The summed E-state index contributed by atoms with van der Waals surface area (Å²) < 4.78 is 31.0. The van der Waals surface area contributed by atoms with Gasteiger partial charge in [-0.15, -0.1) is 0 Å². The second kappa shape index (κ2) is 7.80. The summed E-state index contributed by atoms with van der Waals surface area (Å²) in [5.74, 6) is 0.114. The lowest BCUT2D eigenvalue weighted by molar-refractivity contribution is -0.126. The summed E-state index contributed by atoms with van der Waals surface area (Å²) in [6.45, 7) is -2.94. The Morgan fingerprint density at radius 2 is 2.19 bits per heavy atom. The van der Waals surface area contributed by atoms with E-state index in [4.69, 9.17) is 0 Å². The SMILES string of the molecule is N#CN1[C@H]2CC[C@@H]1[C@H](NC(=O)C1CCc3c(cnn3-c3cccc(OC(F)F)n3)C1)C2. The summed E-state index contributed by atoms with van der Waals surface area (Å²) in [6.07, 6.45) is 8.66. The molecule has 0 saturated carbocycles. The van der Waals surface area contributed by atoms with Gasteiger partial charge in [0, 0.05) is 23.7 Å². The van der Waals surface area contributed by atoms with Gasteiger partial charge in [0.05, 0.1) is 18.3 Å². The van der Waals surface area contributed by atoms with Crippen molar-refractivity contribution >= 4 is 5.91 Å². The highest BCUT2D eigenvalue weighted by atomic mass is 19.3. The van der Waals surface area contributed by atoms with Crippen LogP contribution < -0.4 is 10.1 Å². The molecule has 2 saturated heterocycles. The van der Waals surface area contributed by atoms with Crippen molar-refractivity contribution < 1.29 is 18.3 Å². The smallest absolute Gasteiger partial charge is 0.388 e. The number of carbonyl (C=O) groups excluding carboxylic acids is 1. The largest absolute Gasteiger partial charge is 0.417 e. The standard InChI is InChI=1S/C21H22F2N6O2/c22-21(23)31-19-3-1-2-18(27-19)29-16-6-4-12(8-13(16)10-25-29)20(30)26-15-9-14-5-7-17(15)28(14)11-24/h1-3,10,12,14-15,17,21H,4-9H2,(H,26,30)/t12?,14-,15+,17+/m0/s1. The van der Waals surface area contributed by atoms with Gasteiger partial charge in [-0.25, -0.2) is 4.68 Å². The van der Waals surface area contributed by atoms with Crippen LogP contribution in [0.25, 0.3) is 5.82 Å². The number of amides is 1. The molecule has 4 atom stereocenters. The third-order valence-corrected chi connectivity index (χ3v) is 6.64. The van der Waals surface area contributed by atoms with Gasteiger partial charge in [0.1, 0.15) is 0 Å². The van der Waals surface area contributed by atoms with Crippen LogP contribution in [0.1, 0.15) is 36.9 Å². The second-order valence-electron chi connectivity index (χ2n) is 8.34. The predicted octanol–water partition coefficient (Wildman–Crippen LogP) is 2.18. The molecule has 2 aromatic rings. The Bertz CT molecular complexity index is 1040. The fourth-order valence-corrected chi connectivity index (χ4v) is 5.22. The second-order valence-corrected chi connectivity index (χ2v) is 8.34. The van der Waals surface area contributed by atoms with Crippen molar-refractivity contribution in [3.63, 3.8) is 0 Å². The van der Waals surface area contributed by atoms with E-state index in [1.165, 1.54) is 6.07 Å². The van der Waals surface area contributed by atoms with E-state index in [-0.39, 0.29) is 35.8 Å². The van der Waals surface area contributed by atoms with Crippen molar-refractivity contribution in [3.05, 3.63) is 35.7 Å². The number of hydrogen-bond donors (Lipinski definition) is 1. The van der Waals surface area contributed by atoms with Crippen LogP contribution in [-0.2, 0) is 17.6 Å². The van der Waals surface area contributed by atoms with Gasteiger partial charge in [-0.3, -0.25) is 4.79 Å². The van der Waals surface area contributed by atoms with Gasteiger partial charge in [-0.05, 0) is 50.2 Å². The molecule has 1 aliphatic carbocycles. The molecule has 1 N–H and O–H groups in total. The van der Waals surface area contributed by atoms with E-state index >= 15 is 0 Å². The molecule has 2 fully saturated rings. The van der Waals surface area contributed by atoms with E-state index in [0.29, 0.717) is 25.1 Å². The molecule has 0 spiro atoms. The first kappa shape index (κ1) is 19.7. The van der Waals surface area contributed by atoms with Crippen molar-refractivity contribution in [2.45, 2.75) is 63.3 Å². The highest BCUT2D eigenvalue weighted by Gasteiger charge is 2.47. The zero-order valence-corrected chi connectivity index (χ0v) is 16.7. The van der Waals surface area contributed by atoms with Crippen LogP contribution in [0, 0.1) is 17.4 Å². The lowest BCUT2D eigenvalue weighted by atomic mass is 9.86. The van der Waals surface area contributed by atoms with Gasteiger partial charge in [-0.1, -0.05) is 6.07 Å². The van der Waals surface area contributed by atoms with E-state index in [1.54, 1.807) is 23.0 Å². The number of halogens is 2. The number of aromatic nitrogens is 3. The Balaban J connectivity index is 1.27. The molecule has 5 rings (SSSR count). The Morgan fingerprint density at radius 1 is 1.32 bits per heavy atom. The molecule has 3 aliphatic rings. The fourth-order valence-electron chi connectivity index (χ4n) is 5.22. The lowest BCUT2D eigenvalue weighted by Crippen LogP contribution is -2.46. The van der Waals surface area contributed by atoms with E-state index < -0.39 is 6.61 Å². The number of nitrogens with one attached hydrogen (secondary N) is 1. The number of ether oxygens (including phenoxy) is 1. The van der Waals surface area contributed by atoms with Gasteiger partial charge in [0.15, 0.2) is 12.0 Å². The summed E-state index contributed by atoms with van der Waals surface area (Å²) in [7, 11) is 0. The molecule has 0 aromatic carbocycles. The maximum atomic E-state index is 12.9. The maximum absolute atomic E-state index is 12.9. The minimum atomic E-state index is -2.94. The van der Waals surface area contributed by atoms with Crippen LogP contribution >= 0.6 is 0 Å². The first-order chi connectivity index (χ1) is 15.0. The quantitative estimate of drug-likeness (QED) is 0.734. The van der Waals surface area contributed by atoms with E-state index in [0.717, 1.165) is 30.5 Å². The Labute approximate surface area is 177 Å². The normalized spacial score (nSPS) is 26.6. The van der Waals surface area contributed by atoms with Crippen LogP contribution in [0.15, 0.2) is 24.4 Å². The minimum absolute atomic E-state index is 0.0271. The maximum Gasteiger partial charge on any atom is 0.388 e. The molecule has 10 heteroatoms. The Hall–Kier alpha value is -3.22. The van der Waals surface area contributed by atoms with Crippen LogP contribution in [0.4, 0.5) is 8.78 Å². The van der Waals surface area contributed by atoms with E-state index in [9.17, 15) is 18.8 Å². The number of nitrogens with zero attached hydrogens (tertiary/aromatic N) is 5. The molecular weight excluding hydrogens is 406 g/mol. The summed E-state index contributed by atoms with van der Waals surface area (Å²) in [5, 5.41) is 16.9. The third-order valence-electron chi connectivity index (χ3n) is 6.64. The van der Waals surface area contributed by atoms with Gasteiger partial charge >= 0.3 is 6.61 Å². The molecule has 2 aliphatic heterocycles. The lowest BCUT2D eigenvalue weighted by Gasteiger charge is -2.27. The molecule has 162 valence electrons. The third kappa shape index (κ3) is 3.58. The number of pyridine rings is 1. The molecule has 1 amide bonds. The number of alkyl halides is 2. The zero-order chi connectivity index (χ0) is 21.5. The first-order valence-electron chi connectivity index (χ1n) is 10.5. The van der Waals surface area contributed by atoms with Crippen molar-refractivity contribution in [1.29, 1.82) is 5.26 Å². The van der Waals surface area contributed by atoms with Crippen LogP contribution in [0.5, 0.6) is 5.88 Å². The monoisotopic (exact) mass is 428 g/mol. The zero-order valence-electron chi connectivity index (χ0n) is 16.7. The summed E-state index contributed by atoms with van der Waals surface area (Å²) in [6, 6.07) is 5.06. The highest BCUT2D eigenvalue weighted by molar-refractivity contribution is 5.79. The number of fused-ring (bicyclic) bond motifs is 3. The summed E-state index contributed by atoms with van der Waals surface area (Å²) in [4.78, 5) is 18.9. The van der Waals surface area contributed by atoms with Gasteiger partial charge in [0.2, 0.25) is 11.8 Å². The predicted molar refractivity (Wildman–Crippen MR) is 104 cm³/mol. The molecule has 2 bridgehead atoms. The highest BCUT2D eigenvalue weighted by Crippen LogP contribution is 2.37. The molecule has 31 heavy (non-hydrogen) atoms. The van der Waals surface area contributed by atoms with E-state index in [2.05, 4.69) is 26.3 Å². The number of rotatable bonds is 5. The van der Waals surface area contributed by atoms with E-state index in [1.807, 2.05) is 4.90 Å². The number of carbonyl (C=O) groups is 1. The van der Waals surface area contributed by atoms with Crippen LogP contribution in [0.2, 0.25) is 0 Å². The summed E-state index contributed by atoms with van der Waals surface area (Å²) >= 11 is 0. The van der Waals surface area contributed by atoms with Crippen LogP contribution in [-0.4, -0.2) is 50.3 Å². The Kier molecular flexibility index (Phi) is 4.96. The van der Waals surface area contributed by atoms with Crippen molar-refractivity contribution in [2.24, 2.45) is 5.92 Å². The number of nitriles is 1. The van der Waals surface area contributed by atoms with Crippen molar-refractivity contribution in [1.82, 2.24) is 25.0 Å². The molecule has 0 radical (unpaired) electrons.